The SMILES string of the molecule is [C]1=NC(c2ccccc2)=CC=C(c2ccccc2)N=N1. The highest BCUT2D eigenvalue weighted by Crippen LogP contribution is 2.21. The molecule has 0 aliphatic carbocycles. The van der Waals surface area contributed by atoms with Crippen molar-refractivity contribution in [2.75, 3.05) is 0 Å². The fraction of sp³-hybridized carbons (Fsp3) is 0. The van der Waals surface area contributed by atoms with E-state index in [-0.39, 0.29) is 0 Å². The molecule has 0 amide bonds. The zero-order chi connectivity index (χ0) is 13.6. The number of aliphatic imine (C=N–C) groups is 1. The van der Waals surface area contributed by atoms with Gasteiger partial charge in [-0.25, -0.2) is 4.99 Å². The molecular formula is C17H12N3. The third kappa shape index (κ3) is 2.78. The Bertz CT molecular complexity index is 632. The van der Waals surface area contributed by atoms with E-state index in [2.05, 4.69) is 21.6 Å². The lowest BCUT2D eigenvalue weighted by Gasteiger charge is -2.03. The lowest BCUT2D eigenvalue weighted by Crippen LogP contribution is -1.85. The second-order valence-electron chi connectivity index (χ2n) is 4.25. The molecule has 3 rings (SSSR count). The number of benzene rings is 2. The van der Waals surface area contributed by atoms with E-state index in [0.717, 1.165) is 22.5 Å². The summed E-state index contributed by atoms with van der Waals surface area (Å²) in [7, 11) is 0. The van der Waals surface area contributed by atoms with Crippen LogP contribution in [-0.4, -0.2) is 6.34 Å². The minimum absolute atomic E-state index is 0.793. The minimum atomic E-state index is 0.793. The maximum Gasteiger partial charge on any atom is 0.222 e. The Balaban J connectivity index is 1.99. The van der Waals surface area contributed by atoms with Crippen LogP contribution in [0.1, 0.15) is 11.1 Å². The minimum Gasteiger partial charge on any atom is -0.224 e. The van der Waals surface area contributed by atoms with Crippen molar-refractivity contribution in [3.8, 4) is 0 Å². The van der Waals surface area contributed by atoms with Crippen molar-refractivity contribution in [1.29, 1.82) is 0 Å². The molecule has 0 fully saturated rings. The third-order valence-electron chi connectivity index (χ3n) is 2.91. The van der Waals surface area contributed by atoms with Gasteiger partial charge in [-0.2, -0.15) is 0 Å². The number of rotatable bonds is 2. The molecule has 1 aliphatic rings. The Hall–Kier alpha value is -2.81. The van der Waals surface area contributed by atoms with Crippen LogP contribution in [0.4, 0.5) is 0 Å². The van der Waals surface area contributed by atoms with Crippen molar-refractivity contribution in [1.82, 2.24) is 0 Å². The summed E-state index contributed by atoms with van der Waals surface area (Å²) in [6.45, 7) is 0. The highest BCUT2D eigenvalue weighted by Gasteiger charge is 2.02. The Morgan fingerprint density at radius 1 is 0.650 bits per heavy atom. The van der Waals surface area contributed by atoms with E-state index in [4.69, 9.17) is 0 Å². The fourth-order valence-electron chi connectivity index (χ4n) is 1.91. The summed E-state index contributed by atoms with van der Waals surface area (Å²) in [5.74, 6) is 0. The molecule has 3 nitrogen and oxygen atoms in total. The molecule has 0 atom stereocenters. The average Bonchev–Trinajstić information content (AvgIpc) is 2.49. The maximum absolute atomic E-state index is 4.19. The van der Waals surface area contributed by atoms with Gasteiger partial charge in [-0.15, -0.1) is 10.2 Å². The zero-order valence-electron chi connectivity index (χ0n) is 10.8. The molecule has 1 heterocycles. The van der Waals surface area contributed by atoms with E-state index in [1.54, 1.807) is 0 Å². The van der Waals surface area contributed by atoms with Crippen molar-refractivity contribution in [2.24, 2.45) is 15.2 Å². The van der Waals surface area contributed by atoms with Crippen LogP contribution in [0, 0.1) is 0 Å². The largest absolute Gasteiger partial charge is 0.224 e. The van der Waals surface area contributed by atoms with Gasteiger partial charge in [0.15, 0.2) is 0 Å². The first-order valence-electron chi connectivity index (χ1n) is 6.33. The van der Waals surface area contributed by atoms with E-state index >= 15 is 0 Å². The predicted molar refractivity (Wildman–Crippen MR) is 81.1 cm³/mol. The second-order valence-corrected chi connectivity index (χ2v) is 4.25. The molecule has 1 radical (unpaired) electrons. The highest BCUT2D eigenvalue weighted by atomic mass is 15.1. The summed E-state index contributed by atoms with van der Waals surface area (Å²) in [4.78, 5) is 4.19. The first kappa shape index (κ1) is 12.2. The van der Waals surface area contributed by atoms with Gasteiger partial charge in [0, 0.05) is 11.1 Å². The Kier molecular flexibility index (Phi) is 3.60. The Morgan fingerprint density at radius 2 is 1.20 bits per heavy atom. The van der Waals surface area contributed by atoms with E-state index in [1.807, 2.05) is 72.8 Å². The lowest BCUT2D eigenvalue weighted by atomic mass is 10.1. The second kappa shape index (κ2) is 5.89. The first-order chi connectivity index (χ1) is 9.93. The van der Waals surface area contributed by atoms with Crippen molar-refractivity contribution < 1.29 is 0 Å². The van der Waals surface area contributed by atoms with Gasteiger partial charge in [0.2, 0.25) is 6.34 Å². The van der Waals surface area contributed by atoms with Crippen LogP contribution in [0.3, 0.4) is 0 Å². The predicted octanol–water partition coefficient (Wildman–Crippen LogP) is 4.44. The molecule has 3 heteroatoms. The molecule has 0 spiro atoms. The molecule has 2 aromatic carbocycles. The van der Waals surface area contributed by atoms with Crippen LogP contribution in [0.2, 0.25) is 0 Å². The van der Waals surface area contributed by atoms with Gasteiger partial charge in [0.05, 0.1) is 11.4 Å². The zero-order valence-corrected chi connectivity index (χ0v) is 10.8. The van der Waals surface area contributed by atoms with E-state index in [9.17, 15) is 0 Å². The fourth-order valence-corrected chi connectivity index (χ4v) is 1.91. The number of hydrogen-bond donors (Lipinski definition) is 0. The van der Waals surface area contributed by atoms with Crippen LogP contribution in [0.15, 0.2) is 88.0 Å². The molecule has 2 aromatic rings. The van der Waals surface area contributed by atoms with E-state index < -0.39 is 0 Å². The number of nitrogens with zero attached hydrogens (tertiary/aromatic N) is 3. The summed E-state index contributed by atoms with van der Waals surface area (Å²) >= 11 is 0. The summed E-state index contributed by atoms with van der Waals surface area (Å²) < 4.78 is 0. The van der Waals surface area contributed by atoms with Crippen LogP contribution in [0.25, 0.3) is 11.4 Å². The molecule has 0 unspecified atom stereocenters. The van der Waals surface area contributed by atoms with Gasteiger partial charge in [0.1, 0.15) is 0 Å². The monoisotopic (exact) mass is 258 g/mol. The number of hydrogen-bond acceptors (Lipinski definition) is 3. The standard InChI is InChI=1S/C17H12N3/c1-3-7-14(8-4-1)16-11-12-17(20-19-13-18-16)15-9-5-2-6-10-15/h1-12H. The normalized spacial score (nSPS) is 14.2. The Morgan fingerprint density at radius 3 is 1.85 bits per heavy atom. The van der Waals surface area contributed by atoms with Crippen LogP contribution in [0.5, 0.6) is 0 Å². The molecule has 1 aliphatic heterocycles. The first-order valence-corrected chi connectivity index (χ1v) is 6.33. The smallest absolute Gasteiger partial charge is 0.222 e. The summed E-state index contributed by atoms with van der Waals surface area (Å²) in [6, 6.07) is 19.9. The summed E-state index contributed by atoms with van der Waals surface area (Å²) in [5.41, 5.74) is 3.66. The van der Waals surface area contributed by atoms with Crippen LogP contribution in [-0.2, 0) is 0 Å². The van der Waals surface area contributed by atoms with Crippen LogP contribution >= 0.6 is 0 Å². The van der Waals surface area contributed by atoms with Gasteiger partial charge in [-0.05, 0) is 12.2 Å². The molecule has 20 heavy (non-hydrogen) atoms. The average molecular weight is 258 g/mol. The molecule has 0 saturated heterocycles. The van der Waals surface area contributed by atoms with E-state index in [0.29, 0.717) is 0 Å². The molecule has 95 valence electrons. The lowest BCUT2D eigenvalue weighted by molar-refractivity contribution is 1.29. The quantitative estimate of drug-likeness (QED) is 0.763. The van der Waals surface area contributed by atoms with Gasteiger partial charge in [0.25, 0.3) is 0 Å². The highest BCUT2D eigenvalue weighted by molar-refractivity contribution is 5.78. The van der Waals surface area contributed by atoms with Crippen molar-refractivity contribution in [2.45, 2.75) is 0 Å². The number of azo groups is 1. The maximum atomic E-state index is 4.19. The summed E-state index contributed by atoms with van der Waals surface area (Å²) in [5, 5.41) is 7.98. The van der Waals surface area contributed by atoms with Gasteiger partial charge < -0.3 is 0 Å². The van der Waals surface area contributed by atoms with Gasteiger partial charge in [-0.3, -0.25) is 0 Å². The third-order valence-corrected chi connectivity index (χ3v) is 2.91. The van der Waals surface area contributed by atoms with Crippen molar-refractivity contribution in [3.63, 3.8) is 0 Å². The van der Waals surface area contributed by atoms with Gasteiger partial charge in [-0.1, -0.05) is 60.7 Å². The number of allylic oxidation sites excluding steroid dienone is 2. The molecular weight excluding hydrogens is 246 g/mol. The van der Waals surface area contributed by atoms with Crippen molar-refractivity contribution in [3.05, 3.63) is 83.9 Å². The Labute approximate surface area is 117 Å². The van der Waals surface area contributed by atoms with Gasteiger partial charge >= 0.3 is 0 Å². The van der Waals surface area contributed by atoms with E-state index in [1.165, 1.54) is 0 Å². The summed E-state index contributed by atoms with van der Waals surface area (Å²) in [6.07, 6.45) is 6.47. The van der Waals surface area contributed by atoms with Crippen molar-refractivity contribution >= 4 is 17.7 Å². The molecule has 0 aromatic heterocycles. The topological polar surface area (TPSA) is 37.1 Å². The molecule has 0 N–H and O–H groups in total. The van der Waals surface area contributed by atoms with Crippen LogP contribution < -0.4 is 0 Å². The molecule has 0 bridgehead atoms. The molecule has 0 saturated carbocycles.